The first-order valence-electron chi connectivity index (χ1n) is 6.95. The number of aryl methyl sites for hydroxylation is 2. The van der Waals surface area contributed by atoms with Gasteiger partial charge in [0.15, 0.2) is 0 Å². The van der Waals surface area contributed by atoms with Gasteiger partial charge < -0.3 is 10.1 Å². The molecule has 0 saturated heterocycles. The lowest BCUT2D eigenvalue weighted by molar-refractivity contribution is 0.466. The van der Waals surface area contributed by atoms with Crippen LogP contribution in [0.5, 0.6) is 11.5 Å². The van der Waals surface area contributed by atoms with E-state index in [9.17, 15) is 0 Å². The molecule has 0 amide bonds. The van der Waals surface area contributed by atoms with Crippen LogP contribution in [0.15, 0.2) is 30.3 Å². The molecule has 0 aromatic heterocycles. The quantitative estimate of drug-likeness (QED) is 0.783. The minimum absolute atomic E-state index is 0.678. The van der Waals surface area contributed by atoms with E-state index in [0.717, 1.165) is 39.8 Å². The minimum atomic E-state index is 0.678. The topological polar surface area (TPSA) is 21.3 Å². The summed E-state index contributed by atoms with van der Waals surface area (Å²) >= 11 is 12.4. The molecule has 1 N–H and O–H groups in total. The Morgan fingerprint density at radius 3 is 2.38 bits per heavy atom. The average molecular weight is 324 g/mol. The van der Waals surface area contributed by atoms with Crippen LogP contribution in [-0.2, 0) is 6.54 Å². The molecule has 2 nitrogen and oxygen atoms in total. The highest BCUT2D eigenvalue weighted by Gasteiger charge is 2.12. The summed E-state index contributed by atoms with van der Waals surface area (Å²) in [6.07, 6.45) is 0. The Morgan fingerprint density at radius 1 is 1.10 bits per heavy atom. The lowest BCUT2D eigenvalue weighted by atomic mass is 10.1. The van der Waals surface area contributed by atoms with Crippen LogP contribution in [0.2, 0.25) is 10.0 Å². The Balaban J connectivity index is 2.38. The zero-order valence-electron chi connectivity index (χ0n) is 12.5. The summed E-state index contributed by atoms with van der Waals surface area (Å²) < 4.78 is 6.12. The Morgan fingerprint density at radius 2 is 1.76 bits per heavy atom. The third-order valence-corrected chi connectivity index (χ3v) is 3.84. The summed E-state index contributed by atoms with van der Waals surface area (Å²) in [5.41, 5.74) is 2.98. The zero-order chi connectivity index (χ0) is 15.4. The largest absolute Gasteiger partial charge is 0.456 e. The fourth-order valence-corrected chi connectivity index (χ4v) is 2.78. The van der Waals surface area contributed by atoms with E-state index in [2.05, 4.69) is 12.2 Å². The van der Waals surface area contributed by atoms with Crippen molar-refractivity contribution in [3.05, 3.63) is 57.1 Å². The van der Waals surface area contributed by atoms with Crippen molar-refractivity contribution >= 4 is 23.2 Å². The highest BCUT2D eigenvalue weighted by Crippen LogP contribution is 2.35. The van der Waals surface area contributed by atoms with Crippen LogP contribution in [0.25, 0.3) is 0 Å². The predicted molar refractivity (Wildman–Crippen MR) is 89.8 cm³/mol. The number of hydrogen-bond acceptors (Lipinski definition) is 2. The first kappa shape index (κ1) is 16.2. The standard InChI is InChI=1S/C17H19Cl2NO/c1-4-20-10-14-15(19)6-5-7-16(14)21-17-11(2)8-13(18)9-12(17)3/h5-9,20H,4,10H2,1-3H3. The molecule has 0 bridgehead atoms. The van der Waals surface area contributed by atoms with E-state index in [4.69, 9.17) is 27.9 Å². The molecule has 21 heavy (non-hydrogen) atoms. The molecule has 0 heterocycles. The van der Waals surface area contributed by atoms with Crippen molar-refractivity contribution < 1.29 is 4.74 Å². The highest BCUT2D eigenvalue weighted by atomic mass is 35.5. The molecule has 4 heteroatoms. The van der Waals surface area contributed by atoms with Crippen LogP contribution >= 0.6 is 23.2 Å². The lowest BCUT2D eigenvalue weighted by Crippen LogP contribution is -2.13. The number of rotatable bonds is 5. The normalized spacial score (nSPS) is 10.7. The van der Waals surface area contributed by atoms with Gasteiger partial charge in [0.05, 0.1) is 0 Å². The first-order chi connectivity index (χ1) is 10.0. The third-order valence-electron chi connectivity index (χ3n) is 3.26. The molecular weight excluding hydrogens is 305 g/mol. The van der Waals surface area contributed by atoms with E-state index in [-0.39, 0.29) is 0 Å². The van der Waals surface area contributed by atoms with Gasteiger partial charge in [-0.1, -0.05) is 36.2 Å². The van der Waals surface area contributed by atoms with Crippen LogP contribution in [0, 0.1) is 13.8 Å². The van der Waals surface area contributed by atoms with Gasteiger partial charge in [0.2, 0.25) is 0 Å². The van der Waals surface area contributed by atoms with Crippen LogP contribution in [0.4, 0.5) is 0 Å². The number of hydrogen-bond donors (Lipinski definition) is 1. The summed E-state index contributed by atoms with van der Waals surface area (Å²) in [4.78, 5) is 0. The molecule has 2 aromatic carbocycles. The van der Waals surface area contributed by atoms with E-state index in [1.807, 2.05) is 44.2 Å². The maximum absolute atomic E-state index is 6.30. The number of halogens is 2. The smallest absolute Gasteiger partial charge is 0.133 e. The second-order valence-corrected chi connectivity index (χ2v) is 5.81. The van der Waals surface area contributed by atoms with Crippen LogP contribution in [0.1, 0.15) is 23.6 Å². The zero-order valence-corrected chi connectivity index (χ0v) is 14.0. The Labute approximate surface area is 136 Å². The maximum Gasteiger partial charge on any atom is 0.133 e. The molecule has 0 aliphatic carbocycles. The molecular formula is C17H19Cl2NO. The fraction of sp³-hybridized carbons (Fsp3) is 0.294. The van der Waals surface area contributed by atoms with Crippen LogP contribution in [-0.4, -0.2) is 6.54 Å². The Hall–Kier alpha value is -1.22. The van der Waals surface area contributed by atoms with Gasteiger partial charge in [-0.3, -0.25) is 0 Å². The maximum atomic E-state index is 6.30. The molecule has 0 unspecified atom stereocenters. The van der Waals surface area contributed by atoms with Crippen molar-refractivity contribution in [2.45, 2.75) is 27.3 Å². The second kappa shape index (κ2) is 7.17. The second-order valence-electron chi connectivity index (χ2n) is 4.97. The molecule has 112 valence electrons. The molecule has 0 spiro atoms. The van der Waals surface area contributed by atoms with Crippen molar-refractivity contribution in [1.82, 2.24) is 5.32 Å². The molecule has 2 rings (SSSR count). The van der Waals surface area contributed by atoms with Crippen molar-refractivity contribution in [2.24, 2.45) is 0 Å². The summed E-state index contributed by atoms with van der Waals surface area (Å²) in [5.74, 6) is 1.61. The molecule has 2 aromatic rings. The fourth-order valence-electron chi connectivity index (χ4n) is 2.22. The summed E-state index contributed by atoms with van der Waals surface area (Å²) in [5, 5.41) is 4.71. The van der Waals surface area contributed by atoms with Gasteiger partial charge in [0, 0.05) is 22.2 Å². The van der Waals surface area contributed by atoms with E-state index in [1.54, 1.807) is 0 Å². The predicted octanol–water partition coefficient (Wildman–Crippen LogP) is 5.51. The minimum Gasteiger partial charge on any atom is -0.456 e. The van der Waals surface area contributed by atoms with Crippen molar-refractivity contribution in [2.75, 3.05) is 6.54 Å². The summed E-state index contributed by atoms with van der Waals surface area (Å²) in [7, 11) is 0. The third kappa shape index (κ3) is 3.91. The molecule has 0 aliphatic rings. The van der Waals surface area contributed by atoms with Gasteiger partial charge >= 0.3 is 0 Å². The molecule has 0 fully saturated rings. The van der Waals surface area contributed by atoms with E-state index in [0.29, 0.717) is 11.6 Å². The molecule has 0 saturated carbocycles. The Bertz CT molecular complexity index is 618. The number of benzene rings is 2. The molecule has 0 atom stereocenters. The van der Waals surface area contributed by atoms with Gasteiger partial charge in [-0.15, -0.1) is 0 Å². The average Bonchev–Trinajstić information content (AvgIpc) is 2.42. The van der Waals surface area contributed by atoms with E-state index in [1.165, 1.54) is 0 Å². The van der Waals surface area contributed by atoms with Crippen LogP contribution in [0.3, 0.4) is 0 Å². The summed E-state index contributed by atoms with van der Waals surface area (Å²) in [6.45, 7) is 7.59. The van der Waals surface area contributed by atoms with Gasteiger partial charge in [0.25, 0.3) is 0 Å². The Kier molecular flexibility index (Phi) is 5.51. The number of nitrogens with one attached hydrogen (secondary N) is 1. The van der Waals surface area contributed by atoms with E-state index < -0.39 is 0 Å². The van der Waals surface area contributed by atoms with Crippen LogP contribution < -0.4 is 10.1 Å². The SMILES string of the molecule is CCNCc1c(Cl)cccc1Oc1c(C)cc(Cl)cc1C. The van der Waals surface area contributed by atoms with Gasteiger partial charge in [0.1, 0.15) is 11.5 Å². The lowest BCUT2D eigenvalue weighted by Gasteiger charge is -2.16. The monoisotopic (exact) mass is 323 g/mol. The van der Waals surface area contributed by atoms with Crippen molar-refractivity contribution in [3.8, 4) is 11.5 Å². The summed E-state index contributed by atoms with van der Waals surface area (Å²) in [6, 6.07) is 9.51. The van der Waals surface area contributed by atoms with Gasteiger partial charge in [-0.2, -0.15) is 0 Å². The van der Waals surface area contributed by atoms with Crippen molar-refractivity contribution in [3.63, 3.8) is 0 Å². The highest BCUT2D eigenvalue weighted by molar-refractivity contribution is 6.31. The van der Waals surface area contributed by atoms with Crippen molar-refractivity contribution in [1.29, 1.82) is 0 Å². The molecule has 0 aliphatic heterocycles. The van der Waals surface area contributed by atoms with E-state index >= 15 is 0 Å². The molecule has 0 radical (unpaired) electrons. The number of ether oxygens (including phenoxy) is 1. The van der Waals surface area contributed by atoms with Gasteiger partial charge in [-0.05, 0) is 55.8 Å². The van der Waals surface area contributed by atoms with Gasteiger partial charge in [-0.25, -0.2) is 0 Å². The first-order valence-corrected chi connectivity index (χ1v) is 7.71.